The third-order valence-corrected chi connectivity index (χ3v) is 3.18. The molecule has 0 radical (unpaired) electrons. The number of anilines is 1. The van der Waals surface area contributed by atoms with Crippen molar-refractivity contribution in [1.29, 1.82) is 0 Å². The quantitative estimate of drug-likeness (QED) is 0.819. The van der Waals surface area contributed by atoms with E-state index < -0.39 is 11.3 Å². The van der Waals surface area contributed by atoms with Crippen LogP contribution in [0.5, 0.6) is 0 Å². The summed E-state index contributed by atoms with van der Waals surface area (Å²) in [4.78, 5) is 28.4. The highest BCUT2D eigenvalue weighted by Gasteiger charge is 2.36. The van der Waals surface area contributed by atoms with Gasteiger partial charge in [-0.3, -0.25) is 14.6 Å². The second-order valence-corrected chi connectivity index (χ2v) is 5.45. The van der Waals surface area contributed by atoms with Crippen molar-refractivity contribution in [3.63, 3.8) is 0 Å². The molecule has 0 unspecified atom stereocenters. The summed E-state index contributed by atoms with van der Waals surface area (Å²) in [6.07, 6.45) is 3.31. The first kappa shape index (κ1) is 15.7. The topological polar surface area (TPSA) is 97.1 Å². The third-order valence-electron chi connectivity index (χ3n) is 3.18. The van der Waals surface area contributed by atoms with Gasteiger partial charge in [-0.1, -0.05) is 11.2 Å². The van der Waals surface area contributed by atoms with Gasteiger partial charge in [-0.25, -0.2) is 0 Å². The lowest BCUT2D eigenvalue weighted by Crippen LogP contribution is -2.44. The summed E-state index contributed by atoms with van der Waals surface area (Å²) in [6, 6.07) is 5.21. The van der Waals surface area contributed by atoms with Gasteiger partial charge in [-0.2, -0.15) is 0 Å². The molecule has 0 bridgehead atoms. The van der Waals surface area contributed by atoms with E-state index in [9.17, 15) is 9.59 Å². The van der Waals surface area contributed by atoms with Gasteiger partial charge in [0.25, 0.3) is 0 Å². The molecule has 0 atom stereocenters. The Morgan fingerprint density at radius 1 is 1.32 bits per heavy atom. The van der Waals surface area contributed by atoms with Crippen molar-refractivity contribution in [1.82, 2.24) is 15.5 Å². The molecule has 2 heterocycles. The molecule has 0 saturated carbocycles. The van der Waals surface area contributed by atoms with Crippen molar-refractivity contribution in [2.24, 2.45) is 5.41 Å². The van der Waals surface area contributed by atoms with Crippen LogP contribution >= 0.6 is 0 Å². The molecule has 2 aromatic rings. The van der Waals surface area contributed by atoms with Gasteiger partial charge in [-0.15, -0.1) is 0 Å². The lowest BCUT2D eigenvalue weighted by Gasteiger charge is -2.21. The zero-order chi connectivity index (χ0) is 16.2. The molecule has 0 fully saturated rings. The highest BCUT2D eigenvalue weighted by Crippen LogP contribution is 2.19. The van der Waals surface area contributed by atoms with Crippen LogP contribution in [0.2, 0.25) is 0 Å². The Morgan fingerprint density at radius 2 is 2.09 bits per heavy atom. The highest BCUT2D eigenvalue weighted by molar-refractivity contribution is 6.09. The monoisotopic (exact) mass is 302 g/mol. The standard InChI is InChI=1S/C15H18N4O3/c1-10-7-12(19-22-10)18-14(21)15(2,3)13(20)17-9-11-5-4-6-16-8-11/h4-8H,9H2,1-3H3,(H,17,20)(H,18,19,21). The fraction of sp³-hybridized carbons (Fsp3) is 0.333. The molecule has 0 spiro atoms. The number of nitrogens with one attached hydrogen (secondary N) is 2. The SMILES string of the molecule is Cc1cc(NC(=O)C(C)(C)C(=O)NCc2cccnc2)no1. The van der Waals surface area contributed by atoms with Gasteiger partial charge in [0.2, 0.25) is 11.8 Å². The number of hydrogen-bond acceptors (Lipinski definition) is 5. The zero-order valence-corrected chi connectivity index (χ0v) is 12.7. The normalized spacial score (nSPS) is 11.0. The number of aryl methyl sites for hydroxylation is 1. The highest BCUT2D eigenvalue weighted by atomic mass is 16.5. The van der Waals surface area contributed by atoms with E-state index in [4.69, 9.17) is 4.52 Å². The summed E-state index contributed by atoms with van der Waals surface area (Å²) in [6.45, 7) is 5.13. The number of aromatic nitrogens is 2. The molecular weight excluding hydrogens is 284 g/mol. The fourth-order valence-corrected chi connectivity index (χ4v) is 1.71. The molecular formula is C15H18N4O3. The van der Waals surface area contributed by atoms with Crippen LogP contribution < -0.4 is 10.6 Å². The zero-order valence-electron chi connectivity index (χ0n) is 12.7. The number of rotatable bonds is 5. The van der Waals surface area contributed by atoms with Gasteiger partial charge in [-0.05, 0) is 32.4 Å². The number of amides is 2. The molecule has 2 amide bonds. The van der Waals surface area contributed by atoms with Gasteiger partial charge >= 0.3 is 0 Å². The first-order valence-corrected chi connectivity index (χ1v) is 6.81. The maximum Gasteiger partial charge on any atom is 0.240 e. The number of carbonyl (C=O) groups excluding carboxylic acids is 2. The largest absolute Gasteiger partial charge is 0.360 e. The predicted octanol–water partition coefficient (Wildman–Crippen LogP) is 1.66. The van der Waals surface area contributed by atoms with Crippen LogP contribution in [0.25, 0.3) is 0 Å². The van der Waals surface area contributed by atoms with E-state index in [0.717, 1.165) is 5.56 Å². The van der Waals surface area contributed by atoms with Gasteiger partial charge in [0.1, 0.15) is 11.2 Å². The van der Waals surface area contributed by atoms with Crippen LogP contribution in [0.15, 0.2) is 35.1 Å². The minimum Gasteiger partial charge on any atom is -0.360 e. The number of pyridine rings is 1. The van der Waals surface area contributed by atoms with Crippen molar-refractivity contribution in [3.05, 3.63) is 41.9 Å². The van der Waals surface area contributed by atoms with E-state index in [0.29, 0.717) is 12.3 Å². The molecule has 7 heteroatoms. The van der Waals surface area contributed by atoms with Crippen molar-refractivity contribution < 1.29 is 14.1 Å². The second kappa shape index (κ2) is 6.38. The predicted molar refractivity (Wildman–Crippen MR) is 79.7 cm³/mol. The number of carbonyl (C=O) groups is 2. The maximum atomic E-state index is 12.2. The molecule has 7 nitrogen and oxygen atoms in total. The van der Waals surface area contributed by atoms with E-state index in [1.54, 1.807) is 45.3 Å². The molecule has 0 saturated heterocycles. The van der Waals surface area contributed by atoms with Gasteiger partial charge in [0.15, 0.2) is 5.82 Å². The Balaban J connectivity index is 1.95. The Morgan fingerprint density at radius 3 is 2.68 bits per heavy atom. The van der Waals surface area contributed by atoms with E-state index in [1.807, 2.05) is 6.07 Å². The molecule has 0 aliphatic carbocycles. The van der Waals surface area contributed by atoms with E-state index in [1.165, 1.54) is 0 Å². The molecule has 2 N–H and O–H groups in total. The van der Waals surface area contributed by atoms with Crippen LogP contribution in [0.3, 0.4) is 0 Å². The molecule has 2 rings (SSSR count). The van der Waals surface area contributed by atoms with Gasteiger partial charge in [0.05, 0.1) is 0 Å². The summed E-state index contributed by atoms with van der Waals surface area (Å²) in [5.74, 6) is 0.0309. The van der Waals surface area contributed by atoms with Crippen LogP contribution in [0.1, 0.15) is 25.2 Å². The minimum absolute atomic E-state index is 0.288. The van der Waals surface area contributed by atoms with Gasteiger partial charge < -0.3 is 15.2 Å². The van der Waals surface area contributed by atoms with Crippen molar-refractivity contribution in [3.8, 4) is 0 Å². The lowest BCUT2D eigenvalue weighted by atomic mass is 9.91. The van der Waals surface area contributed by atoms with Crippen LogP contribution in [-0.4, -0.2) is 22.0 Å². The Bertz CT molecular complexity index is 664. The molecule has 22 heavy (non-hydrogen) atoms. The Labute approximate surface area is 128 Å². The molecule has 0 aliphatic rings. The van der Waals surface area contributed by atoms with E-state index in [2.05, 4.69) is 20.8 Å². The summed E-state index contributed by atoms with van der Waals surface area (Å²) < 4.78 is 4.87. The van der Waals surface area contributed by atoms with E-state index in [-0.39, 0.29) is 11.7 Å². The first-order valence-electron chi connectivity index (χ1n) is 6.81. The van der Waals surface area contributed by atoms with Crippen LogP contribution in [0.4, 0.5) is 5.82 Å². The number of hydrogen-bond donors (Lipinski definition) is 2. The smallest absolute Gasteiger partial charge is 0.240 e. The first-order chi connectivity index (χ1) is 10.4. The van der Waals surface area contributed by atoms with Gasteiger partial charge in [0, 0.05) is 25.0 Å². The summed E-state index contributed by atoms with van der Waals surface area (Å²) in [5.41, 5.74) is -0.381. The van der Waals surface area contributed by atoms with Crippen LogP contribution in [0, 0.1) is 12.3 Å². The van der Waals surface area contributed by atoms with Crippen molar-refractivity contribution in [2.75, 3.05) is 5.32 Å². The molecule has 116 valence electrons. The Hall–Kier alpha value is -2.70. The summed E-state index contributed by atoms with van der Waals surface area (Å²) in [5, 5.41) is 8.97. The summed E-state index contributed by atoms with van der Waals surface area (Å²) in [7, 11) is 0. The molecule has 0 aliphatic heterocycles. The average molecular weight is 302 g/mol. The Kier molecular flexibility index (Phi) is 4.55. The van der Waals surface area contributed by atoms with Crippen molar-refractivity contribution >= 4 is 17.6 Å². The summed E-state index contributed by atoms with van der Waals surface area (Å²) >= 11 is 0. The lowest BCUT2D eigenvalue weighted by molar-refractivity contribution is -0.138. The number of nitrogens with zero attached hydrogens (tertiary/aromatic N) is 2. The maximum absolute atomic E-state index is 12.2. The fourth-order valence-electron chi connectivity index (χ4n) is 1.71. The van der Waals surface area contributed by atoms with E-state index >= 15 is 0 Å². The minimum atomic E-state index is -1.24. The average Bonchev–Trinajstić information content (AvgIpc) is 2.90. The molecule has 0 aromatic carbocycles. The third kappa shape index (κ3) is 3.69. The van der Waals surface area contributed by atoms with Crippen LogP contribution in [-0.2, 0) is 16.1 Å². The van der Waals surface area contributed by atoms with Crippen molar-refractivity contribution in [2.45, 2.75) is 27.3 Å². The molecule has 2 aromatic heterocycles. The second-order valence-electron chi connectivity index (χ2n) is 5.45.